The van der Waals surface area contributed by atoms with Crippen molar-refractivity contribution in [3.05, 3.63) is 99.5 Å². The zero-order valence-corrected chi connectivity index (χ0v) is 22.0. The Morgan fingerprint density at radius 1 is 1.00 bits per heavy atom. The van der Waals surface area contributed by atoms with Gasteiger partial charge in [-0.3, -0.25) is 9.59 Å². The number of amides is 2. The first-order valence-electron chi connectivity index (χ1n) is 11.1. The number of hydrogen-bond acceptors (Lipinski definition) is 4. The first kappa shape index (κ1) is 26.9. The highest BCUT2D eigenvalue weighted by molar-refractivity contribution is 7.99. The molecular formula is C27H28Cl2N2O3S. The van der Waals surface area contributed by atoms with E-state index in [1.165, 1.54) is 11.8 Å². The van der Waals surface area contributed by atoms with Gasteiger partial charge in [-0.2, -0.15) is 0 Å². The lowest BCUT2D eigenvalue weighted by Crippen LogP contribution is -2.50. The molecule has 0 radical (unpaired) electrons. The maximum Gasteiger partial charge on any atom is 0.242 e. The second-order valence-electron chi connectivity index (χ2n) is 7.92. The number of ether oxygens (including phenoxy) is 1. The van der Waals surface area contributed by atoms with E-state index in [0.29, 0.717) is 22.2 Å². The first-order chi connectivity index (χ1) is 16.9. The van der Waals surface area contributed by atoms with Gasteiger partial charge in [-0.25, -0.2) is 0 Å². The molecule has 0 fully saturated rings. The Balaban J connectivity index is 1.81. The molecule has 0 saturated heterocycles. The molecule has 1 atom stereocenters. The fourth-order valence-corrected chi connectivity index (χ4v) is 4.95. The summed E-state index contributed by atoms with van der Waals surface area (Å²) in [5.74, 6) is 1.30. The summed E-state index contributed by atoms with van der Waals surface area (Å²) >= 11 is 14.0. The Morgan fingerprint density at radius 2 is 1.71 bits per heavy atom. The van der Waals surface area contributed by atoms with Crippen molar-refractivity contribution < 1.29 is 14.3 Å². The number of nitrogens with one attached hydrogen (secondary N) is 1. The number of carbonyl (C=O) groups is 2. The molecule has 0 bridgehead atoms. The summed E-state index contributed by atoms with van der Waals surface area (Å²) in [7, 11) is 3.21. The van der Waals surface area contributed by atoms with Gasteiger partial charge in [-0.05, 0) is 41.0 Å². The van der Waals surface area contributed by atoms with Crippen LogP contribution in [0.3, 0.4) is 0 Å². The fraction of sp³-hybridized carbons (Fsp3) is 0.259. The van der Waals surface area contributed by atoms with E-state index in [0.717, 1.165) is 22.4 Å². The fourth-order valence-electron chi connectivity index (χ4n) is 3.61. The van der Waals surface area contributed by atoms with Crippen LogP contribution in [0.15, 0.2) is 72.8 Å². The van der Waals surface area contributed by atoms with E-state index in [-0.39, 0.29) is 24.1 Å². The van der Waals surface area contributed by atoms with Crippen molar-refractivity contribution >= 4 is 46.8 Å². The maximum absolute atomic E-state index is 13.5. The summed E-state index contributed by atoms with van der Waals surface area (Å²) in [5, 5.41) is 3.69. The average Bonchev–Trinajstić information content (AvgIpc) is 2.87. The number of halogens is 2. The van der Waals surface area contributed by atoms with Crippen molar-refractivity contribution in [3.63, 3.8) is 0 Å². The Hall–Kier alpha value is -2.67. The van der Waals surface area contributed by atoms with Crippen molar-refractivity contribution in [3.8, 4) is 5.75 Å². The summed E-state index contributed by atoms with van der Waals surface area (Å²) in [5.41, 5.74) is 2.78. The second kappa shape index (κ2) is 13.4. The van der Waals surface area contributed by atoms with Crippen LogP contribution in [0, 0.1) is 0 Å². The molecule has 0 aliphatic heterocycles. The van der Waals surface area contributed by atoms with E-state index in [4.69, 9.17) is 27.9 Å². The summed E-state index contributed by atoms with van der Waals surface area (Å²) in [4.78, 5) is 28.1. The molecule has 35 heavy (non-hydrogen) atoms. The number of likely N-dealkylation sites (N-methyl/N-ethyl adjacent to an activating group) is 1. The van der Waals surface area contributed by atoms with E-state index in [1.807, 2.05) is 54.6 Å². The lowest BCUT2D eigenvalue weighted by molar-refractivity contribution is -0.139. The molecule has 0 aromatic heterocycles. The number of hydrogen-bond donors (Lipinski definition) is 1. The minimum Gasteiger partial charge on any atom is -0.497 e. The van der Waals surface area contributed by atoms with Crippen molar-refractivity contribution in [1.29, 1.82) is 0 Å². The van der Waals surface area contributed by atoms with E-state index < -0.39 is 6.04 Å². The molecule has 8 heteroatoms. The first-order valence-corrected chi connectivity index (χ1v) is 13.0. The highest BCUT2D eigenvalue weighted by atomic mass is 35.5. The SMILES string of the molecule is CNC(=O)[C@@H](Cc1ccccc1)N(Cc1ccc(Cl)cc1Cl)C(=O)CSCc1ccc(OC)cc1. The molecule has 0 aliphatic rings. The van der Waals surface area contributed by atoms with Gasteiger partial charge in [-0.1, -0.05) is 71.7 Å². The van der Waals surface area contributed by atoms with Crippen LogP contribution in [-0.2, 0) is 28.3 Å². The summed E-state index contributed by atoms with van der Waals surface area (Å²) in [6.45, 7) is 0.197. The third-order valence-electron chi connectivity index (χ3n) is 5.53. The van der Waals surface area contributed by atoms with Crippen LogP contribution < -0.4 is 10.1 Å². The number of thioether (sulfide) groups is 1. The summed E-state index contributed by atoms with van der Waals surface area (Å²) in [6.07, 6.45) is 0.389. The van der Waals surface area contributed by atoms with Crippen LogP contribution in [0.2, 0.25) is 10.0 Å². The molecule has 0 aliphatic carbocycles. The quantitative estimate of drug-likeness (QED) is 0.349. The van der Waals surface area contributed by atoms with Crippen LogP contribution in [0.5, 0.6) is 5.75 Å². The van der Waals surface area contributed by atoms with Gasteiger partial charge in [0.25, 0.3) is 0 Å². The van der Waals surface area contributed by atoms with E-state index >= 15 is 0 Å². The van der Waals surface area contributed by atoms with Gasteiger partial charge in [0.05, 0.1) is 12.9 Å². The standard InChI is InChI=1S/C27H28Cl2N2O3S/c1-30-27(33)25(14-19-6-4-3-5-7-19)31(16-21-10-11-22(28)15-24(21)29)26(32)18-35-17-20-8-12-23(34-2)13-9-20/h3-13,15,25H,14,16-18H2,1-2H3,(H,30,33)/t25-/m1/s1. The Bertz CT molecular complexity index is 1130. The maximum atomic E-state index is 13.5. The van der Waals surface area contributed by atoms with Crippen LogP contribution in [-0.4, -0.2) is 42.7 Å². The van der Waals surface area contributed by atoms with Crippen molar-refractivity contribution in [1.82, 2.24) is 10.2 Å². The molecule has 184 valence electrons. The Kier molecular flexibility index (Phi) is 10.3. The van der Waals surface area contributed by atoms with Gasteiger partial charge in [0.1, 0.15) is 11.8 Å². The molecule has 3 rings (SSSR count). The Morgan fingerprint density at radius 3 is 2.34 bits per heavy atom. The molecule has 3 aromatic rings. The van der Waals surface area contributed by atoms with E-state index in [1.54, 1.807) is 37.3 Å². The Labute approximate surface area is 220 Å². The topological polar surface area (TPSA) is 58.6 Å². The van der Waals surface area contributed by atoms with Gasteiger partial charge >= 0.3 is 0 Å². The predicted octanol–water partition coefficient (Wildman–Crippen LogP) is 5.62. The third kappa shape index (κ3) is 7.92. The lowest BCUT2D eigenvalue weighted by atomic mass is 10.0. The van der Waals surface area contributed by atoms with Crippen LogP contribution >= 0.6 is 35.0 Å². The van der Waals surface area contributed by atoms with Gasteiger partial charge in [0.2, 0.25) is 11.8 Å². The van der Waals surface area contributed by atoms with E-state index in [9.17, 15) is 9.59 Å². The lowest BCUT2D eigenvalue weighted by Gasteiger charge is -2.31. The van der Waals surface area contributed by atoms with Crippen LogP contribution in [0.25, 0.3) is 0 Å². The summed E-state index contributed by atoms with van der Waals surface area (Å²) < 4.78 is 5.20. The van der Waals surface area contributed by atoms with Crippen molar-refractivity contribution in [2.75, 3.05) is 19.9 Å². The molecule has 0 heterocycles. The number of carbonyl (C=O) groups excluding carboxylic acids is 2. The number of rotatable bonds is 11. The minimum atomic E-state index is -0.691. The van der Waals surface area contributed by atoms with Crippen molar-refractivity contribution in [2.24, 2.45) is 0 Å². The molecular weight excluding hydrogens is 503 g/mol. The zero-order valence-electron chi connectivity index (χ0n) is 19.7. The number of methoxy groups -OCH3 is 1. The van der Waals surface area contributed by atoms with Gasteiger partial charge in [-0.15, -0.1) is 11.8 Å². The smallest absolute Gasteiger partial charge is 0.242 e. The highest BCUT2D eigenvalue weighted by Crippen LogP contribution is 2.25. The van der Waals surface area contributed by atoms with E-state index in [2.05, 4.69) is 5.32 Å². The number of nitrogens with zero attached hydrogens (tertiary/aromatic N) is 1. The van der Waals surface area contributed by atoms with Crippen molar-refractivity contribution in [2.45, 2.75) is 24.8 Å². The van der Waals surface area contributed by atoms with Gasteiger partial charge in [0, 0.05) is 35.8 Å². The molecule has 0 unspecified atom stereocenters. The summed E-state index contributed by atoms with van der Waals surface area (Å²) in [6, 6.07) is 21.9. The molecule has 5 nitrogen and oxygen atoms in total. The average molecular weight is 532 g/mol. The monoisotopic (exact) mass is 530 g/mol. The predicted molar refractivity (Wildman–Crippen MR) is 144 cm³/mol. The molecule has 2 amide bonds. The molecule has 0 saturated carbocycles. The van der Waals surface area contributed by atoms with Gasteiger partial charge < -0.3 is 15.0 Å². The molecule has 0 spiro atoms. The van der Waals surface area contributed by atoms with Crippen LogP contribution in [0.4, 0.5) is 0 Å². The zero-order chi connectivity index (χ0) is 25.2. The van der Waals surface area contributed by atoms with Gasteiger partial charge in [0.15, 0.2) is 0 Å². The largest absolute Gasteiger partial charge is 0.497 e. The third-order valence-corrected chi connectivity index (χ3v) is 7.10. The molecule has 1 N–H and O–H groups in total. The van der Waals surface area contributed by atoms with Crippen LogP contribution in [0.1, 0.15) is 16.7 Å². The molecule has 3 aromatic carbocycles. The second-order valence-corrected chi connectivity index (χ2v) is 9.75. The number of benzene rings is 3. The normalized spacial score (nSPS) is 11.5. The minimum absolute atomic E-state index is 0.140. The highest BCUT2D eigenvalue weighted by Gasteiger charge is 2.30.